The molecule has 0 aromatic carbocycles. The topological polar surface area (TPSA) is 35.0 Å². The van der Waals surface area contributed by atoms with Crippen LogP contribution in [0.3, 0.4) is 0 Å². The van der Waals surface area contributed by atoms with Crippen LogP contribution in [-0.4, -0.2) is 26.2 Å². The summed E-state index contributed by atoms with van der Waals surface area (Å²) in [6, 6.07) is 0. The normalized spacial score (nSPS) is 0. The molecule has 0 aliphatic heterocycles. The zero-order chi connectivity index (χ0) is 0. The van der Waals surface area contributed by atoms with Crippen LogP contribution in [0.2, 0.25) is 0 Å². The summed E-state index contributed by atoms with van der Waals surface area (Å²) in [6.45, 7) is 0. The van der Waals surface area contributed by atoms with E-state index in [-0.39, 0.29) is 49.7 Å². The van der Waals surface area contributed by atoms with E-state index in [0.717, 1.165) is 0 Å². The van der Waals surface area contributed by atoms with Crippen LogP contribution < -0.4 is 6.15 Å². The Labute approximate surface area is 49.9 Å². The number of hydrogen-bond acceptors (Lipinski definition) is 1. The van der Waals surface area contributed by atoms with Crippen LogP contribution in [0, 0.1) is 0 Å². The van der Waals surface area contributed by atoms with Crippen molar-refractivity contribution in [3.63, 3.8) is 0 Å². The van der Waals surface area contributed by atoms with Gasteiger partial charge < -0.3 is 6.15 Å². The third-order valence-corrected chi connectivity index (χ3v) is 0. The quantitative estimate of drug-likeness (QED) is 0.507. The first-order chi connectivity index (χ1) is 0. The Morgan fingerprint density at radius 3 is 1.00 bits per heavy atom. The maximum atomic E-state index is 0. The molecule has 0 saturated carbocycles. The third kappa shape index (κ3) is 10.4. The molecule has 3 N–H and O–H groups in total. The fourth-order valence-electron chi connectivity index (χ4n) is 0. The monoisotopic (exact) mass is 276 g/mol. The molecule has 0 aliphatic carbocycles. The standard InChI is InChI=1S/CH4.Bi.H3N.H3P/h1H4;;2*1H3. The molecule has 0 rings (SSSR count). The first-order valence-electron chi connectivity index (χ1n) is 0. The van der Waals surface area contributed by atoms with Crippen molar-refractivity contribution in [2.45, 2.75) is 7.43 Å². The van der Waals surface area contributed by atoms with E-state index < -0.39 is 0 Å². The average Bonchev–Trinajstić information content (AvgIpc) is 0. The van der Waals surface area contributed by atoms with Crippen LogP contribution in [-0.2, 0) is 0 Å². The molecule has 0 saturated heterocycles. The zero-order valence-corrected chi connectivity index (χ0v) is 6.75. The minimum absolute atomic E-state index is 0. The van der Waals surface area contributed by atoms with Crippen LogP contribution in [0.15, 0.2) is 0 Å². The Bertz CT molecular complexity index is 8.00. The van der Waals surface area contributed by atoms with Gasteiger partial charge in [0.05, 0.1) is 0 Å². The summed E-state index contributed by atoms with van der Waals surface area (Å²) in [4.78, 5) is 0. The first kappa shape index (κ1) is 59.4. The van der Waals surface area contributed by atoms with Gasteiger partial charge in [0.1, 0.15) is 0 Å². The van der Waals surface area contributed by atoms with Crippen molar-refractivity contribution in [3.05, 3.63) is 0 Å². The fraction of sp³-hybridized carbons (Fsp3) is 1.00. The Kier molecular flexibility index (Phi) is 419. The van der Waals surface area contributed by atoms with Crippen molar-refractivity contribution >= 4 is 36.1 Å². The second kappa shape index (κ2) is 28.2. The molecule has 0 spiro atoms. The average molecular weight is 276 g/mol. The number of hydrogen-bond donors (Lipinski definition) is 1. The smallest absolute Gasteiger partial charge is 0 e. The van der Waals surface area contributed by atoms with Gasteiger partial charge in [0, 0.05) is 26.2 Å². The van der Waals surface area contributed by atoms with Gasteiger partial charge in [-0.3, -0.25) is 0 Å². The van der Waals surface area contributed by atoms with Gasteiger partial charge in [-0.15, -0.1) is 0 Å². The van der Waals surface area contributed by atoms with E-state index in [4.69, 9.17) is 0 Å². The maximum Gasteiger partial charge on any atom is 0 e. The summed E-state index contributed by atoms with van der Waals surface area (Å²) in [5.41, 5.74) is 0. The molecule has 0 aromatic heterocycles. The molecular formula is CH10BiNP. The van der Waals surface area contributed by atoms with Crippen molar-refractivity contribution < 1.29 is 0 Å². The molecule has 3 heteroatoms. The summed E-state index contributed by atoms with van der Waals surface area (Å²) < 4.78 is 0. The first-order valence-corrected chi connectivity index (χ1v) is 0. The van der Waals surface area contributed by atoms with E-state index in [1.165, 1.54) is 0 Å². The van der Waals surface area contributed by atoms with Crippen molar-refractivity contribution in [1.29, 1.82) is 0 Å². The van der Waals surface area contributed by atoms with Crippen LogP contribution in [0.25, 0.3) is 0 Å². The molecule has 1 atom stereocenters. The van der Waals surface area contributed by atoms with Gasteiger partial charge in [0.25, 0.3) is 0 Å². The van der Waals surface area contributed by atoms with Crippen molar-refractivity contribution in [3.8, 4) is 0 Å². The second-order valence-electron chi connectivity index (χ2n) is 0. The Morgan fingerprint density at radius 2 is 1.00 bits per heavy atom. The largest absolute Gasteiger partial charge is 0.344 e. The Morgan fingerprint density at radius 1 is 1.00 bits per heavy atom. The predicted octanol–water partition coefficient (Wildman–Crippen LogP) is 0.475. The van der Waals surface area contributed by atoms with Gasteiger partial charge in [-0.05, 0) is 0 Å². The molecule has 29 valence electrons. The molecule has 1 unspecified atom stereocenters. The summed E-state index contributed by atoms with van der Waals surface area (Å²) >= 11 is 0. The molecule has 0 heterocycles. The van der Waals surface area contributed by atoms with E-state index in [0.29, 0.717) is 0 Å². The minimum Gasteiger partial charge on any atom is -0.344 e. The molecule has 0 fully saturated rings. The number of rotatable bonds is 0. The zero-order valence-electron chi connectivity index (χ0n) is 1.86. The van der Waals surface area contributed by atoms with E-state index in [1.807, 2.05) is 0 Å². The van der Waals surface area contributed by atoms with Gasteiger partial charge >= 0.3 is 0 Å². The van der Waals surface area contributed by atoms with Gasteiger partial charge in [0.2, 0.25) is 0 Å². The van der Waals surface area contributed by atoms with Crippen LogP contribution in [0.4, 0.5) is 0 Å². The molecule has 0 aromatic rings. The van der Waals surface area contributed by atoms with Crippen LogP contribution >= 0.6 is 9.90 Å². The summed E-state index contributed by atoms with van der Waals surface area (Å²) in [7, 11) is 0. The fourth-order valence-corrected chi connectivity index (χ4v) is 0. The summed E-state index contributed by atoms with van der Waals surface area (Å²) in [6.07, 6.45) is 0. The predicted molar refractivity (Wildman–Crippen MR) is 28.6 cm³/mol. The van der Waals surface area contributed by atoms with E-state index in [2.05, 4.69) is 0 Å². The van der Waals surface area contributed by atoms with Crippen molar-refractivity contribution in [2.24, 2.45) is 0 Å². The van der Waals surface area contributed by atoms with Gasteiger partial charge in [-0.25, -0.2) is 0 Å². The SMILES string of the molecule is C.N.P.[Bi]. The van der Waals surface area contributed by atoms with E-state index >= 15 is 0 Å². The Balaban J connectivity index is 0. The van der Waals surface area contributed by atoms with Crippen molar-refractivity contribution in [2.75, 3.05) is 0 Å². The second-order valence-corrected chi connectivity index (χ2v) is 0. The van der Waals surface area contributed by atoms with E-state index in [9.17, 15) is 0 Å². The molecule has 1 nitrogen and oxygen atoms in total. The minimum atomic E-state index is 0. The molecule has 4 heavy (non-hydrogen) atoms. The van der Waals surface area contributed by atoms with Gasteiger partial charge in [-0.2, -0.15) is 9.90 Å². The van der Waals surface area contributed by atoms with Gasteiger partial charge in [-0.1, -0.05) is 7.43 Å². The molecule has 0 amide bonds. The van der Waals surface area contributed by atoms with E-state index in [1.54, 1.807) is 0 Å². The summed E-state index contributed by atoms with van der Waals surface area (Å²) in [5.74, 6) is 0. The van der Waals surface area contributed by atoms with Gasteiger partial charge in [0.15, 0.2) is 0 Å². The summed E-state index contributed by atoms with van der Waals surface area (Å²) in [5, 5.41) is 0. The molecule has 3 radical (unpaired) electrons. The third-order valence-electron chi connectivity index (χ3n) is 0. The van der Waals surface area contributed by atoms with Crippen LogP contribution in [0.1, 0.15) is 7.43 Å². The molecule has 0 bridgehead atoms. The molecular weight excluding hydrogens is 266 g/mol. The molecule has 0 aliphatic rings. The van der Waals surface area contributed by atoms with Crippen molar-refractivity contribution in [1.82, 2.24) is 6.15 Å². The van der Waals surface area contributed by atoms with Crippen LogP contribution in [0.5, 0.6) is 0 Å². The Hall–Kier alpha value is 1.27. The maximum absolute atomic E-state index is 0.